The van der Waals surface area contributed by atoms with Gasteiger partial charge in [0.25, 0.3) is 0 Å². The number of hydrogen-bond donors (Lipinski definition) is 0. The van der Waals surface area contributed by atoms with E-state index < -0.39 is 0 Å². The van der Waals surface area contributed by atoms with E-state index >= 15 is 0 Å². The third-order valence-corrected chi connectivity index (χ3v) is 11.6. The van der Waals surface area contributed by atoms with Gasteiger partial charge in [0.15, 0.2) is 0 Å². The van der Waals surface area contributed by atoms with Gasteiger partial charge in [-0.15, -0.1) is 0 Å². The third kappa shape index (κ3) is 5.06. The van der Waals surface area contributed by atoms with Gasteiger partial charge in [-0.05, 0) is 153 Å². The predicted octanol–water partition coefficient (Wildman–Crippen LogP) is 15.1. The van der Waals surface area contributed by atoms with Crippen molar-refractivity contribution in [3.8, 4) is 44.5 Å². The molecular formula is C54H36. The molecule has 10 aromatic carbocycles. The molecular weight excluding hydrogens is 649 g/mol. The highest BCUT2D eigenvalue weighted by Crippen LogP contribution is 2.46. The summed E-state index contributed by atoms with van der Waals surface area (Å²) < 4.78 is 0. The molecule has 0 nitrogen and oxygen atoms in total. The Balaban J connectivity index is 1.12. The maximum absolute atomic E-state index is 2.44. The number of benzene rings is 10. The molecule has 0 aromatic heterocycles. The van der Waals surface area contributed by atoms with Crippen LogP contribution in [0.15, 0.2) is 188 Å². The molecule has 0 spiro atoms. The first-order chi connectivity index (χ1) is 26.7. The van der Waals surface area contributed by atoms with E-state index in [1.165, 1.54) is 109 Å². The summed E-state index contributed by atoms with van der Waals surface area (Å²) in [7, 11) is 0. The van der Waals surface area contributed by atoms with Crippen molar-refractivity contribution in [3.63, 3.8) is 0 Å². The summed E-state index contributed by atoms with van der Waals surface area (Å²) in [6.07, 6.45) is 6.85. The molecule has 0 radical (unpaired) electrons. The average molecular weight is 685 g/mol. The van der Waals surface area contributed by atoms with Gasteiger partial charge in [-0.25, -0.2) is 0 Å². The van der Waals surface area contributed by atoms with Crippen LogP contribution in [0.4, 0.5) is 0 Å². The summed E-state index contributed by atoms with van der Waals surface area (Å²) in [5.74, 6) is 0. The maximum Gasteiger partial charge on any atom is -0.00259 e. The van der Waals surface area contributed by atoms with Crippen LogP contribution < -0.4 is 0 Å². The smallest absolute Gasteiger partial charge is 0.00259 e. The fraction of sp³-hybridized carbons (Fsp3) is 0.0370. The lowest BCUT2D eigenvalue weighted by atomic mass is 9.84. The van der Waals surface area contributed by atoms with Gasteiger partial charge in [0.05, 0.1) is 0 Å². The first-order valence-electron chi connectivity index (χ1n) is 19.1. The summed E-state index contributed by atoms with van der Waals surface area (Å²) in [6, 6.07) is 68.0. The van der Waals surface area contributed by atoms with E-state index in [4.69, 9.17) is 0 Å². The van der Waals surface area contributed by atoms with Gasteiger partial charge in [0.1, 0.15) is 0 Å². The molecule has 0 N–H and O–H groups in total. The van der Waals surface area contributed by atoms with Gasteiger partial charge in [-0.1, -0.05) is 164 Å². The zero-order chi connectivity index (χ0) is 35.6. The molecule has 0 fully saturated rings. The molecule has 0 heteroatoms. The van der Waals surface area contributed by atoms with Crippen LogP contribution in [-0.4, -0.2) is 0 Å². The van der Waals surface area contributed by atoms with Gasteiger partial charge in [-0.3, -0.25) is 0 Å². The molecule has 0 bridgehead atoms. The zero-order valence-electron chi connectivity index (χ0n) is 29.9. The number of allylic oxidation sites excluding steroid dienone is 1. The van der Waals surface area contributed by atoms with Gasteiger partial charge in [0, 0.05) is 0 Å². The first-order valence-corrected chi connectivity index (χ1v) is 19.1. The fourth-order valence-electron chi connectivity index (χ4n) is 8.98. The van der Waals surface area contributed by atoms with Crippen LogP contribution in [0.1, 0.15) is 17.5 Å². The highest BCUT2D eigenvalue weighted by molar-refractivity contribution is 6.22. The van der Waals surface area contributed by atoms with Gasteiger partial charge in [0.2, 0.25) is 0 Å². The normalized spacial score (nSPS) is 12.6. The molecule has 252 valence electrons. The SMILES string of the molecule is C1=Cc2c(cccc2-c2ccc3cc(-c4ccc5c(-c6ccc7ccccc7c6)c6ccccc6c(-c6ccc7ccccc7c6)c5c4)ccc3c2)CC1. The van der Waals surface area contributed by atoms with Crippen LogP contribution in [0.2, 0.25) is 0 Å². The van der Waals surface area contributed by atoms with Gasteiger partial charge >= 0.3 is 0 Å². The third-order valence-electron chi connectivity index (χ3n) is 11.6. The minimum absolute atomic E-state index is 1.12. The van der Waals surface area contributed by atoms with Gasteiger partial charge < -0.3 is 0 Å². The van der Waals surface area contributed by atoms with Crippen LogP contribution in [-0.2, 0) is 6.42 Å². The molecule has 0 unspecified atom stereocenters. The molecule has 0 saturated carbocycles. The largest absolute Gasteiger partial charge is 0.0836 e. The van der Waals surface area contributed by atoms with Crippen molar-refractivity contribution in [2.75, 3.05) is 0 Å². The molecule has 0 heterocycles. The highest BCUT2D eigenvalue weighted by Gasteiger charge is 2.19. The Kier molecular flexibility index (Phi) is 7.10. The van der Waals surface area contributed by atoms with Crippen molar-refractivity contribution in [2.45, 2.75) is 12.8 Å². The van der Waals surface area contributed by atoms with Crippen molar-refractivity contribution in [1.82, 2.24) is 0 Å². The summed E-state index contributed by atoms with van der Waals surface area (Å²) in [5, 5.41) is 12.6. The summed E-state index contributed by atoms with van der Waals surface area (Å²) in [4.78, 5) is 0. The van der Waals surface area contributed by atoms with E-state index in [9.17, 15) is 0 Å². The molecule has 1 aliphatic carbocycles. The highest BCUT2D eigenvalue weighted by atomic mass is 14.2. The average Bonchev–Trinajstić information content (AvgIpc) is 3.24. The number of fused-ring (bicyclic) bond motifs is 6. The van der Waals surface area contributed by atoms with Crippen molar-refractivity contribution in [3.05, 3.63) is 199 Å². The number of rotatable bonds is 4. The summed E-state index contributed by atoms with van der Waals surface area (Å²) in [6.45, 7) is 0. The Morgan fingerprint density at radius 3 is 1.50 bits per heavy atom. The Bertz CT molecular complexity index is 3160. The Morgan fingerprint density at radius 1 is 0.315 bits per heavy atom. The predicted molar refractivity (Wildman–Crippen MR) is 233 cm³/mol. The molecule has 10 aromatic rings. The minimum atomic E-state index is 1.12. The second kappa shape index (κ2) is 12.4. The summed E-state index contributed by atoms with van der Waals surface area (Å²) in [5.41, 5.74) is 12.9. The molecule has 11 rings (SSSR count). The molecule has 0 atom stereocenters. The monoisotopic (exact) mass is 684 g/mol. The number of hydrogen-bond acceptors (Lipinski definition) is 0. The minimum Gasteiger partial charge on any atom is -0.0836 e. The van der Waals surface area contributed by atoms with E-state index in [0.717, 1.165) is 12.8 Å². The molecule has 0 saturated heterocycles. The van der Waals surface area contributed by atoms with Crippen LogP contribution in [0.3, 0.4) is 0 Å². The van der Waals surface area contributed by atoms with E-state index in [2.05, 4.69) is 194 Å². The maximum atomic E-state index is 2.44. The molecule has 1 aliphatic rings. The van der Waals surface area contributed by atoms with Crippen LogP contribution in [0.5, 0.6) is 0 Å². The van der Waals surface area contributed by atoms with Gasteiger partial charge in [-0.2, -0.15) is 0 Å². The lowest BCUT2D eigenvalue weighted by Gasteiger charge is -2.19. The standard InChI is InChI=1S/C54H36/c1-3-13-38-32-45(26-20-35(38)10-1)53-49-17-7-8-18-50(49)54(46-27-21-36-11-2-4-14-39(36)33-46)52-34-43(28-29-51(52)53)41-22-23-42-31-44(25-24-40(42)30-41)48-19-9-15-37-12-5-6-16-47(37)48/h1-4,6-11,13-34H,5,12H2. The second-order valence-electron chi connectivity index (χ2n) is 14.8. The van der Waals surface area contributed by atoms with E-state index in [1.807, 2.05) is 0 Å². The van der Waals surface area contributed by atoms with Crippen LogP contribution in [0, 0.1) is 0 Å². The van der Waals surface area contributed by atoms with Crippen molar-refractivity contribution in [1.29, 1.82) is 0 Å². The fourth-order valence-corrected chi connectivity index (χ4v) is 8.98. The van der Waals surface area contributed by atoms with E-state index in [-0.39, 0.29) is 0 Å². The summed E-state index contributed by atoms with van der Waals surface area (Å²) >= 11 is 0. The zero-order valence-corrected chi connectivity index (χ0v) is 29.9. The van der Waals surface area contributed by atoms with E-state index in [0.29, 0.717) is 0 Å². The van der Waals surface area contributed by atoms with Crippen LogP contribution in [0.25, 0.3) is 104 Å². The molecule has 0 amide bonds. The Morgan fingerprint density at radius 2 is 0.796 bits per heavy atom. The lowest BCUT2D eigenvalue weighted by Crippen LogP contribution is -1.96. The quantitative estimate of drug-likeness (QED) is 0.162. The Hall–Kier alpha value is -6.76. The number of aryl methyl sites for hydroxylation is 1. The lowest BCUT2D eigenvalue weighted by molar-refractivity contribution is 0.986. The van der Waals surface area contributed by atoms with Crippen molar-refractivity contribution >= 4 is 59.9 Å². The first kappa shape index (κ1) is 30.8. The van der Waals surface area contributed by atoms with E-state index in [1.54, 1.807) is 0 Å². The van der Waals surface area contributed by atoms with Crippen molar-refractivity contribution in [2.24, 2.45) is 0 Å². The Labute approximate surface area is 315 Å². The van der Waals surface area contributed by atoms with Crippen LogP contribution >= 0.6 is 0 Å². The topological polar surface area (TPSA) is 0 Å². The molecule has 54 heavy (non-hydrogen) atoms. The molecule has 0 aliphatic heterocycles. The second-order valence-corrected chi connectivity index (χ2v) is 14.8. The van der Waals surface area contributed by atoms with Crippen molar-refractivity contribution < 1.29 is 0 Å².